The van der Waals surface area contributed by atoms with Gasteiger partial charge in [-0.05, 0) is 55.9 Å². The number of aromatic nitrogens is 2. The number of amides is 1. The van der Waals surface area contributed by atoms with Crippen molar-refractivity contribution in [1.82, 2.24) is 14.9 Å². The summed E-state index contributed by atoms with van der Waals surface area (Å²) in [5.41, 5.74) is 7.76. The van der Waals surface area contributed by atoms with Crippen molar-refractivity contribution in [3.05, 3.63) is 55.8 Å². The largest absolute Gasteiger partial charge is 0.380 e. The lowest BCUT2D eigenvalue weighted by molar-refractivity contribution is -0.236. The number of hydrogen-bond acceptors (Lipinski definition) is 7. The van der Waals surface area contributed by atoms with Crippen LogP contribution in [0, 0.1) is 0 Å². The topological polar surface area (TPSA) is 140 Å². The van der Waals surface area contributed by atoms with Crippen molar-refractivity contribution in [1.29, 1.82) is 0 Å². The molecule has 10 heteroatoms. The molecule has 0 radical (unpaired) electrons. The zero-order chi connectivity index (χ0) is 27.1. The maximum atomic E-state index is 15.3. The van der Waals surface area contributed by atoms with Crippen LogP contribution in [0.25, 0.3) is 17.5 Å². The third-order valence-corrected chi connectivity index (χ3v) is 8.92. The zero-order valence-corrected chi connectivity index (χ0v) is 21.8. The monoisotopic (exact) mass is 524 g/mol. The van der Waals surface area contributed by atoms with E-state index in [1.54, 1.807) is 24.5 Å². The van der Waals surface area contributed by atoms with Gasteiger partial charge in [-0.2, -0.15) is 0 Å². The molecular weight excluding hydrogens is 491 g/mol. The number of nitrogens with one attached hydrogen (secondary N) is 1. The number of ether oxygens (including phenoxy) is 1. The number of hydrogen-bond donors (Lipinski definition) is 4. The Balaban J connectivity index is 1.60. The number of fused-ring (bicyclic) bond motifs is 5. The minimum atomic E-state index is -1.75. The Morgan fingerprint density at radius 1 is 1.32 bits per heavy atom. The second-order valence-electron chi connectivity index (χ2n) is 11.2. The van der Waals surface area contributed by atoms with Gasteiger partial charge in [-0.1, -0.05) is 13.8 Å². The molecule has 5 N–H and O–H groups in total. The molecule has 38 heavy (non-hydrogen) atoms. The number of nitrogens with zero attached hydrogens (tertiary/aromatic N) is 2. The fraction of sp³-hybridized carbons (Fsp3) is 0.536. The van der Waals surface area contributed by atoms with Crippen LogP contribution in [-0.4, -0.2) is 37.5 Å². The number of carbonyl (C=O) groups is 1. The second-order valence-corrected chi connectivity index (χ2v) is 11.2. The van der Waals surface area contributed by atoms with Crippen molar-refractivity contribution in [2.24, 2.45) is 5.73 Å². The first-order valence-corrected chi connectivity index (χ1v) is 13.3. The van der Waals surface area contributed by atoms with Crippen LogP contribution in [0.1, 0.15) is 98.3 Å². The number of nitrogens with two attached hydrogens (primary N) is 1. The molecule has 0 saturated heterocycles. The smallest absolute Gasteiger partial charge is 0.257 e. The number of rotatable bonds is 4. The van der Waals surface area contributed by atoms with Crippen LogP contribution < -0.4 is 16.6 Å². The van der Waals surface area contributed by atoms with Gasteiger partial charge in [0.1, 0.15) is 11.4 Å². The van der Waals surface area contributed by atoms with E-state index >= 15 is 4.39 Å². The first-order chi connectivity index (χ1) is 18.0. The molecule has 2 aromatic rings. The molecule has 1 amide bonds. The highest BCUT2D eigenvalue weighted by Gasteiger charge is 2.48. The third-order valence-electron chi connectivity index (χ3n) is 8.92. The molecule has 0 aromatic carbocycles. The summed E-state index contributed by atoms with van der Waals surface area (Å²) in [7, 11) is 0. The molecule has 4 heterocycles. The van der Waals surface area contributed by atoms with Gasteiger partial charge in [0.05, 0.1) is 41.8 Å². The summed E-state index contributed by atoms with van der Waals surface area (Å²) in [4.78, 5) is 31.2. The van der Waals surface area contributed by atoms with Crippen molar-refractivity contribution in [3.8, 4) is 11.4 Å². The van der Waals surface area contributed by atoms with Crippen molar-refractivity contribution >= 4 is 12.0 Å². The Bertz CT molecular complexity index is 1460. The minimum absolute atomic E-state index is 0.0643. The van der Waals surface area contributed by atoms with Crippen LogP contribution in [0.4, 0.5) is 4.39 Å². The zero-order valence-electron chi connectivity index (χ0n) is 21.8. The first-order valence-electron chi connectivity index (χ1n) is 13.3. The molecule has 0 bridgehead atoms. The van der Waals surface area contributed by atoms with E-state index in [0.717, 1.165) is 16.7 Å². The Kier molecular flexibility index (Phi) is 5.70. The third kappa shape index (κ3) is 3.33. The lowest BCUT2D eigenvalue weighted by atomic mass is 9.66. The molecule has 0 spiro atoms. The molecule has 202 valence electrons. The second kappa shape index (κ2) is 8.54. The number of halogens is 1. The van der Waals surface area contributed by atoms with Crippen LogP contribution in [0.3, 0.4) is 0 Å². The standard InChI is InChI=1S/C28H33FN4O5/c1-4-6-21(34)31-17-8-7-15-23-18(10-20(29)27(15,3)30)32-24-13(22(17)23)11-33-19(24)9-16-14(25(33)35)12-38-26(36)28(16,37)5-2/h9-10,15,17,26,36-37H,4-8,11-12,30H2,1-3H3,(H,31,34)/t15?,17-,26?,27?,28-/m0/s1. The summed E-state index contributed by atoms with van der Waals surface area (Å²) < 4.78 is 22.2. The lowest BCUT2D eigenvalue weighted by Crippen LogP contribution is -2.48. The average molecular weight is 525 g/mol. The van der Waals surface area contributed by atoms with Gasteiger partial charge < -0.3 is 30.6 Å². The highest BCUT2D eigenvalue weighted by atomic mass is 19.1. The van der Waals surface area contributed by atoms with Gasteiger partial charge in [-0.3, -0.25) is 9.59 Å². The summed E-state index contributed by atoms with van der Waals surface area (Å²) in [5, 5.41) is 24.9. The molecule has 2 aliphatic carbocycles. The van der Waals surface area contributed by atoms with Gasteiger partial charge in [-0.25, -0.2) is 9.37 Å². The summed E-state index contributed by atoms with van der Waals surface area (Å²) >= 11 is 0. The van der Waals surface area contributed by atoms with Crippen molar-refractivity contribution in [3.63, 3.8) is 0 Å². The van der Waals surface area contributed by atoms with Gasteiger partial charge in [0.2, 0.25) is 5.91 Å². The van der Waals surface area contributed by atoms with Gasteiger partial charge >= 0.3 is 0 Å². The van der Waals surface area contributed by atoms with Crippen LogP contribution in [0.2, 0.25) is 0 Å². The van der Waals surface area contributed by atoms with Crippen LogP contribution in [0.15, 0.2) is 16.7 Å². The minimum Gasteiger partial charge on any atom is -0.380 e. The summed E-state index contributed by atoms with van der Waals surface area (Å²) in [6, 6.07) is 1.38. The number of aliphatic hydroxyl groups is 2. The first kappa shape index (κ1) is 25.4. The molecule has 0 fully saturated rings. The Labute approximate surface area is 219 Å². The summed E-state index contributed by atoms with van der Waals surface area (Å²) in [6.45, 7) is 5.44. The lowest BCUT2D eigenvalue weighted by Gasteiger charge is -2.43. The van der Waals surface area contributed by atoms with E-state index in [2.05, 4.69) is 5.32 Å². The van der Waals surface area contributed by atoms with E-state index in [1.807, 2.05) is 6.92 Å². The van der Waals surface area contributed by atoms with Gasteiger partial charge in [0.15, 0.2) is 6.29 Å². The van der Waals surface area contributed by atoms with Crippen molar-refractivity contribution in [2.45, 2.75) is 95.4 Å². The molecular formula is C28H33FN4O5. The van der Waals surface area contributed by atoms with E-state index in [4.69, 9.17) is 15.5 Å². The molecule has 4 aliphatic rings. The summed E-state index contributed by atoms with van der Waals surface area (Å²) in [5.74, 6) is -0.842. The van der Waals surface area contributed by atoms with Crippen LogP contribution >= 0.6 is 0 Å². The molecule has 9 nitrogen and oxygen atoms in total. The molecule has 6 rings (SSSR count). The van der Waals surface area contributed by atoms with E-state index < -0.39 is 23.3 Å². The van der Waals surface area contributed by atoms with Crippen LogP contribution in [0.5, 0.6) is 0 Å². The fourth-order valence-corrected chi connectivity index (χ4v) is 6.75. The molecule has 0 saturated carbocycles. The summed E-state index contributed by atoms with van der Waals surface area (Å²) in [6.07, 6.45) is 2.30. The highest BCUT2D eigenvalue weighted by Crippen LogP contribution is 2.53. The van der Waals surface area contributed by atoms with Gasteiger partial charge in [-0.15, -0.1) is 0 Å². The SMILES string of the molecule is CCCC(=O)N[C@H]1CCC2c3c(nc4c(c31)Cn1c-4cc3c(c1=O)COC(O)[C@]3(O)CC)C=C(F)C2(C)N. The maximum Gasteiger partial charge on any atom is 0.257 e. The van der Waals surface area contributed by atoms with E-state index in [0.29, 0.717) is 53.9 Å². The highest BCUT2D eigenvalue weighted by molar-refractivity contribution is 5.78. The van der Waals surface area contributed by atoms with Crippen LogP contribution in [-0.2, 0) is 28.3 Å². The number of aliphatic hydroxyl groups excluding tert-OH is 1. The Morgan fingerprint density at radius 3 is 2.79 bits per heavy atom. The Morgan fingerprint density at radius 2 is 2.08 bits per heavy atom. The molecule has 3 unspecified atom stereocenters. The van der Waals surface area contributed by atoms with Crippen molar-refractivity contribution < 1.29 is 24.1 Å². The predicted molar refractivity (Wildman–Crippen MR) is 137 cm³/mol. The number of pyridine rings is 2. The van der Waals surface area contributed by atoms with Gasteiger partial charge in [0, 0.05) is 29.0 Å². The van der Waals surface area contributed by atoms with Gasteiger partial charge in [0.25, 0.3) is 5.56 Å². The Hall–Kier alpha value is -2.92. The number of carbonyl (C=O) groups excluding carboxylic acids is 1. The van der Waals surface area contributed by atoms with E-state index in [9.17, 15) is 19.8 Å². The predicted octanol–water partition coefficient (Wildman–Crippen LogP) is 2.59. The molecule has 5 atom stereocenters. The average Bonchev–Trinajstić information content (AvgIpc) is 3.24. The normalized spacial score (nSPS) is 30.6. The quantitative estimate of drug-likeness (QED) is 0.411. The molecule has 2 aliphatic heterocycles. The maximum absolute atomic E-state index is 15.3. The van der Waals surface area contributed by atoms with E-state index in [1.165, 1.54) is 6.08 Å². The molecule has 2 aromatic heterocycles. The fourth-order valence-electron chi connectivity index (χ4n) is 6.75. The van der Waals surface area contributed by atoms with E-state index in [-0.39, 0.29) is 43.0 Å². The van der Waals surface area contributed by atoms with Crippen molar-refractivity contribution in [2.75, 3.05) is 0 Å².